The van der Waals surface area contributed by atoms with Crippen molar-refractivity contribution in [2.24, 2.45) is 4.99 Å². The molecule has 0 saturated carbocycles. The van der Waals surface area contributed by atoms with Gasteiger partial charge in [-0.15, -0.1) is 0 Å². The molecule has 0 radical (unpaired) electrons. The minimum atomic E-state index is -3.50. The van der Waals surface area contributed by atoms with E-state index in [9.17, 15) is 9.46 Å². The van der Waals surface area contributed by atoms with Gasteiger partial charge in [0.05, 0.1) is 0 Å². The lowest BCUT2D eigenvalue weighted by Crippen LogP contribution is -2.28. The molecule has 0 aliphatic carbocycles. The minimum Gasteiger partial charge on any atom is -0.328 e. The molecule has 66 valence electrons. The van der Waals surface area contributed by atoms with Gasteiger partial charge in [-0.25, -0.2) is 4.99 Å². The van der Waals surface area contributed by atoms with Gasteiger partial charge < -0.3 is 4.89 Å². The molecule has 1 heterocycles. The summed E-state index contributed by atoms with van der Waals surface area (Å²) in [7, 11) is -3.50. The van der Waals surface area contributed by atoms with E-state index in [-0.39, 0.29) is 5.96 Å². The first-order valence-electron chi connectivity index (χ1n) is 3.25. The topological polar surface area (TPSA) is 97.5 Å². The van der Waals surface area contributed by atoms with Crippen molar-refractivity contribution in [1.82, 2.24) is 10.4 Å². The zero-order chi connectivity index (χ0) is 9.41. The second-order valence-electron chi connectivity index (χ2n) is 2.88. The number of hydrogen-bond acceptors (Lipinski definition) is 4. The van der Waals surface area contributed by atoms with Crippen LogP contribution in [0.2, 0.25) is 0 Å². The van der Waals surface area contributed by atoms with Crippen molar-refractivity contribution in [3.63, 3.8) is 0 Å². The van der Waals surface area contributed by atoms with Gasteiger partial charge in [-0.2, -0.15) is 5.26 Å². The highest BCUT2D eigenvalue weighted by Gasteiger charge is 2.45. The first kappa shape index (κ1) is 9.04. The van der Waals surface area contributed by atoms with Crippen LogP contribution in [0.15, 0.2) is 4.99 Å². The van der Waals surface area contributed by atoms with E-state index in [1.165, 1.54) is 13.8 Å². The van der Waals surface area contributed by atoms with Crippen LogP contribution in [0.3, 0.4) is 0 Å². The van der Waals surface area contributed by atoms with Crippen LogP contribution in [0.25, 0.3) is 0 Å². The zero-order valence-electron chi connectivity index (χ0n) is 6.70. The molecule has 0 spiro atoms. The fourth-order valence-corrected chi connectivity index (χ4v) is 1.66. The van der Waals surface area contributed by atoms with Crippen molar-refractivity contribution in [2.75, 3.05) is 0 Å². The zero-order valence-corrected chi connectivity index (χ0v) is 7.59. The van der Waals surface area contributed by atoms with Crippen LogP contribution in [0, 0.1) is 11.5 Å². The van der Waals surface area contributed by atoms with Crippen LogP contribution in [0.4, 0.5) is 0 Å². The minimum absolute atomic E-state index is 0.0494. The molecule has 0 aromatic rings. The van der Waals surface area contributed by atoms with Gasteiger partial charge in [0.25, 0.3) is 0 Å². The third-order valence-corrected chi connectivity index (χ3v) is 3.66. The monoisotopic (exact) mass is 188 g/mol. The van der Waals surface area contributed by atoms with Crippen LogP contribution in [0.5, 0.6) is 0 Å². The number of aliphatic imine (C=N–C) groups is 1. The van der Waals surface area contributed by atoms with Crippen molar-refractivity contribution in [3.05, 3.63) is 0 Å². The Morgan fingerprint density at radius 1 is 1.83 bits per heavy atom. The van der Waals surface area contributed by atoms with Gasteiger partial charge in [0.2, 0.25) is 5.96 Å². The molecule has 0 amide bonds. The van der Waals surface area contributed by atoms with Crippen molar-refractivity contribution < 1.29 is 9.46 Å². The predicted octanol–water partition coefficient (Wildman–Crippen LogP) is -0.0622. The van der Waals surface area contributed by atoms with Crippen LogP contribution in [0.1, 0.15) is 13.8 Å². The van der Waals surface area contributed by atoms with Gasteiger partial charge in [-0.1, -0.05) is 0 Å². The molecule has 1 aliphatic rings. The Bertz CT molecular complexity index is 316. The average Bonchev–Trinajstić information content (AvgIpc) is 2.02. The maximum Gasteiger partial charge on any atom is 0.320 e. The molecular formula is C5H9N4O2P. The lowest BCUT2D eigenvalue weighted by Gasteiger charge is -2.17. The van der Waals surface area contributed by atoms with Crippen LogP contribution < -0.4 is 10.4 Å². The number of guanidine groups is 1. The van der Waals surface area contributed by atoms with Crippen molar-refractivity contribution >= 4 is 13.5 Å². The molecule has 7 heteroatoms. The normalized spacial score (nSPS) is 31.7. The summed E-state index contributed by atoms with van der Waals surface area (Å²) in [6, 6.07) is 0. The van der Waals surface area contributed by atoms with E-state index < -0.39 is 12.8 Å². The number of nitriles is 1. The van der Waals surface area contributed by atoms with E-state index >= 15 is 0 Å². The summed E-state index contributed by atoms with van der Waals surface area (Å²) >= 11 is 0. The summed E-state index contributed by atoms with van der Waals surface area (Å²) in [5.74, 6) is 0.0494. The van der Waals surface area contributed by atoms with Gasteiger partial charge in [0.1, 0.15) is 0 Å². The van der Waals surface area contributed by atoms with Gasteiger partial charge in [0, 0.05) is 0 Å². The Labute approximate surface area is 69.8 Å². The first-order chi connectivity index (χ1) is 5.39. The summed E-state index contributed by atoms with van der Waals surface area (Å²) in [5, 5.41) is 11.6. The average molecular weight is 188 g/mol. The van der Waals surface area contributed by atoms with Gasteiger partial charge >= 0.3 is 7.52 Å². The molecule has 3 N–H and O–H groups in total. The summed E-state index contributed by atoms with van der Waals surface area (Å²) < 4.78 is 11.3. The van der Waals surface area contributed by atoms with Gasteiger partial charge in [0.15, 0.2) is 11.5 Å². The molecule has 0 aromatic carbocycles. The molecule has 12 heavy (non-hydrogen) atoms. The van der Waals surface area contributed by atoms with Crippen LogP contribution in [-0.4, -0.2) is 16.1 Å². The Morgan fingerprint density at radius 2 is 2.42 bits per heavy atom. The standard InChI is InChI=1S/C5H9N4O2P/c1-5(2)8-4(7-3-6)9-12(5,10)11/h1-2H3,(H3,7,8,9,10,11). The Hall–Kier alpha value is -1.05. The van der Waals surface area contributed by atoms with Crippen LogP contribution in [-0.2, 0) is 4.57 Å². The van der Waals surface area contributed by atoms with Gasteiger partial charge in [-0.05, 0) is 13.8 Å². The van der Waals surface area contributed by atoms with E-state index in [2.05, 4.69) is 15.4 Å². The smallest absolute Gasteiger partial charge is 0.320 e. The Kier molecular flexibility index (Phi) is 1.86. The highest BCUT2D eigenvalue weighted by Crippen LogP contribution is 2.54. The van der Waals surface area contributed by atoms with Crippen LogP contribution >= 0.6 is 7.52 Å². The maximum atomic E-state index is 11.3. The molecule has 0 saturated heterocycles. The molecule has 0 aromatic heterocycles. The lowest BCUT2D eigenvalue weighted by molar-refractivity contribution is 0.443. The highest BCUT2D eigenvalue weighted by atomic mass is 31.2. The van der Waals surface area contributed by atoms with Crippen molar-refractivity contribution in [1.29, 1.82) is 5.26 Å². The second-order valence-corrected chi connectivity index (χ2v) is 5.35. The molecular weight excluding hydrogens is 179 g/mol. The third-order valence-electron chi connectivity index (χ3n) is 1.56. The van der Waals surface area contributed by atoms with E-state index in [4.69, 9.17) is 5.26 Å². The molecule has 1 rings (SSSR count). The van der Waals surface area contributed by atoms with Gasteiger partial charge in [-0.3, -0.25) is 15.0 Å². The number of rotatable bonds is 0. The summed E-state index contributed by atoms with van der Waals surface area (Å²) in [5.41, 5.74) is 0. The Balaban J connectivity index is 2.92. The summed E-state index contributed by atoms with van der Waals surface area (Å²) in [6.07, 6.45) is 1.61. The highest BCUT2D eigenvalue weighted by molar-refractivity contribution is 7.58. The largest absolute Gasteiger partial charge is 0.328 e. The first-order valence-corrected chi connectivity index (χ1v) is 4.91. The number of nitrogens with one attached hydrogen (secondary N) is 2. The fraction of sp³-hybridized carbons (Fsp3) is 0.600. The number of nitrogens with zero attached hydrogens (tertiary/aromatic N) is 2. The lowest BCUT2D eigenvalue weighted by atomic mass is 10.4. The molecule has 1 unspecified atom stereocenters. The Morgan fingerprint density at radius 3 is 2.75 bits per heavy atom. The fourth-order valence-electron chi connectivity index (χ4n) is 0.756. The molecule has 6 nitrogen and oxygen atoms in total. The number of hydrogen-bond donors (Lipinski definition) is 3. The molecule has 1 atom stereocenters. The van der Waals surface area contributed by atoms with E-state index in [1.807, 2.05) is 0 Å². The third kappa shape index (κ3) is 1.29. The summed E-state index contributed by atoms with van der Waals surface area (Å²) in [4.78, 5) is 13.1. The van der Waals surface area contributed by atoms with E-state index in [0.717, 1.165) is 0 Å². The quantitative estimate of drug-likeness (QED) is 0.281. The van der Waals surface area contributed by atoms with E-state index in [1.54, 1.807) is 6.19 Å². The van der Waals surface area contributed by atoms with E-state index in [0.29, 0.717) is 0 Å². The van der Waals surface area contributed by atoms with Crippen molar-refractivity contribution in [3.8, 4) is 6.19 Å². The second kappa shape index (κ2) is 2.47. The predicted molar refractivity (Wildman–Crippen MR) is 43.2 cm³/mol. The SMILES string of the molecule is CC1(C)N=C(NC#N)NP1(=O)O. The molecule has 1 aliphatic heterocycles. The molecule has 0 bridgehead atoms. The molecule has 0 fully saturated rings. The van der Waals surface area contributed by atoms with Crippen molar-refractivity contribution in [2.45, 2.75) is 19.1 Å². The maximum absolute atomic E-state index is 11.3. The summed E-state index contributed by atoms with van der Waals surface area (Å²) in [6.45, 7) is 3.04.